The molecule has 0 aromatic heterocycles. The summed E-state index contributed by atoms with van der Waals surface area (Å²) in [5.74, 6) is 1.80. The first-order valence-electron chi connectivity index (χ1n) is 10.6. The summed E-state index contributed by atoms with van der Waals surface area (Å²) in [6.07, 6.45) is 11.2. The average molecular weight is 344 g/mol. The average Bonchev–Trinajstić information content (AvgIpc) is 2.58. The van der Waals surface area contributed by atoms with Gasteiger partial charge in [-0.05, 0) is 68.2 Å². The first-order chi connectivity index (χ1) is 12.2. The molecule has 1 heterocycles. The molecule has 3 rings (SSSR count). The first kappa shape index (κ1) is 18.9. The monoisotopic (exact) mass is 343 g/mol. The van der Waals surface area contributed by atoms with Gasteiger partial charge in [0.15, 0.2) is 0 Å². The lowest BCUT2D eigenvalue weighted by Gasteiger charge is -2.40. The molecule has 1 aliphatic heterocycles. The van der Waals surface area contributed by atoms with Crippen molar-refractivity contribution >= 4 is 0 Å². The van der Waals surface area contributed by atoms with Gasteiger partial charge in [-0.25, -0.2) is 0 Å². The van der Waals surface area contributed by atoms with Crippen molar-refractivity contribution in [3.8, 4) is 0 Å². The molecule has 2 unspecified atom stereocenters. The van der Waals surface area contributed by atoms with Gasteiger partial charge in [0, 0.05) is 25.6 Å². The van der Waals surface area contributed by atoms with E-state index >= 15 is 0 Å². The highest BCUT2D eigenvalue weighted by Crippen LogP contribution is 2.37. The Morgan fingerprint density at radius 3 is 2.24 bits per heavy atom. The van der Waals surface area contributed by atoms with Gasteiger partial charge in [-0.15, -0.1) is 0 Å². The molecule has 140 valence electrons. The summed E-state index contributed by atoms with van der Waals surface area (Å²) < 4.78 is 0. The van der Waals surface area contributed by atoms with E-state index in [0.29, 0.717) is 18.4 Å². The van der Waals surface area contributed by atoms with Crippen LogP contribution in [0.1, 0.15) is 74.0 Å². The molecule has 0 amide bonds. The number of likely N-dealkylation sites (tertiary alicyclic amines) is 1. The SMILES string of the molecule is Cc1cccc(C)c1C1CCN(CC2CCCCCCC2)CC1CO. The van der Waals surface area contributed by atoms with Crippen LogP contribution < -0.4 is 0 Å². The molecule has 1 aromatic rings. The lowest BCUT2D eigenvalue weighted by Crippen LogP contribution is -2.43. The Bertz CT molecular complexity index is 513. The molecule has 2 atom stereocenters. The zero-order valence-corrected chi connectivity index (χ0v) is 16.3. The predicted octanol–water partition coefficient (Wildman–Crippen LogP) is 5.06. The van der Waals surface area contributed by atoms with E-state index in [-0.39, 0.29) is 0 Å². The van der Waals surface area contributed by atoms with E-state index in [4.69, 9.17) is 0 Å². The number of hydrogen-bond donors (Lipinski definition) is 1. The van der Waals surface area contributed by atoms with E-state index in [9.17, 15) is 5.11 Å². The number of nitrogens with zero attached hydrogens (tertiary/aromatic N) is 1. The van der Waals surface area contributed by atoms with Crippen LogP contribution in [0.5, 0.6) is 0 Å². The van der Waals surface area contributed by atoms with E-state index in [1.807, 2.05) is 0 Å². The molecule has 1 saturated heterocycles. The quantitative estimate of drug-likeness (QED) is 0.826. The van der Waals surface area contributed by atoms with Crippen LogP contribution in [0.25, 0.3) is 0 Å². The topological polar surface area (TPSA) is 23.5 Å². The molecule has 0 radical (unpaired) electrons. The molecule has 0 spiro atoms. The highest BCUT2D eigenvalue weighted by Gasteiger charge is 2.32. The fourth-order valence-electron chi connectivity index (χ4n) is 5.34. The van der Waals surface area contributed by atoms with Crippen molar-refractivity contribution in [3.05, 3.63) is 34.9 Å². The molecule has 2 fully saturated rings. The summed E-state index contributed by atoms with van der Waals surface area (Å²) >= 11 is 0. The maximum atomic E-state index is 10.1. The third-order valence-corrected chi connectivity index (χ3v) is 6.71. The maximum absolute atomic E-state index is 10.1. The summed E-state index contributed by atoms with van der Waals surface area (Å²) in [6, 6.07) is 6.63. The second-order valence-electron chi connectivity index (χ2n) is 8.61. The third-order valence-electron chi connectivity index (χ3n) is 6.71. The molecule has 1 aromatic carbocycles. The molecular weight excluding hydrogens is 306 g/mol. The van der Waals surface area contributed by atoms with Crippen molar-refractivity contribution in [2.45, 2.75) is 71.1 Å². The minimum absolute atomic E-state index is 0.319. The molecule has 1 aliphatic carbocycles. The van der Waals surface area contributed by atoms with E-state index in [1.54, 1.807) is 0 Å². The van der Waals surface area contributed by atoms with Crippen molar-refractivity contribution in [2.75, 3.05) is 26.2 Å². The molecule has 2 heteroatoms. The van der Waals surface area contributed by atoms with Gasteiger partial charge in [0.25, 0.3) is 0 Å². The van der Waals surface area contributed by atoms with Gasteiger partial charge in [0.05, 0.1) is 0 Å². The molecule has 2 aliphatic rings. The highest BCUT2D eigenvalue weighted by atomic mass is 16.3. The Morgan fingerprint density at radius 2 is 1.60 bits per heavy atom. The second-order valence-corrected chi connectivity index (χ2v) is 8.61. The van der Waals surface area contributed by atoms with Crippen molar-refractivity contribution in [1.82, 2.24) is 4.90 Å². The van der Waals surface area contributed by atoms with Crippen molar-refractivity contribution in [2.24, 2.45) is 11.8 Å². The molecule has 25 heavy (non-hydrogen) atoms. The molecular formula is C23H37NO. The Balaban J connectivity index is 1.63. The van der Waals surface area contributed by atoms with Gasteiger partial charge in [-0.1, -0.05) is 50.3 Å². The first-order valence-corrected chi connectivity index (χ1v) is 10.6. The number of hydrogen-bond acceptors (Lipinski definition) is 2. The minimum atomic E-state index is 0.319. The Hall–Kier alpha value is -0.860. The fourth-order valence-corrected chi connectivity index (χ4v) is 5.34. The zero-order chi connectivity index (χ0) is 17.6. The second kappa shape index (κ2) is 9.19. The van der Waals surface area contributed by atoms with Gasteiger partial charge < -0.3 is 10.0 Å². The smallest absolute Gasteiger partial charge is 0.0477 e. The number of rotatable bonds is 4. The van der Waals surface area contributed by atoms with Crippen molar-refractivity contribution < 1.29 is 5.11 Å². The standard InChI is InChI=1S/C23H37NO/c1-18-9-8-10-19(2)23(18)22-13-14-24(16-21(22)17-25)15-20-11-6-4-3-5-7-12-20/h8-10,20-22,25H,3-7,11-17H2,1-2H3. The molecule has 2 nitrogen and oxygen atoms in total. The van der Waals surface area contributed by atoms with Crippen LogP contribution in [0.3, 0.4) is 0 Å². The van der Waals surface area contributed by atoms with E-state index in [2.05, 4.69) is 36.9 Å². The van der Waals surface area contributed by atoms with Gasteiger partial charge in [0.2, 0.25) is 0 Å². The number of aryl methyl sites for hydroxylation is 2. The van der Waals surface area contributed by atoms with Crippen molar-refractivity contribution in [3.63, 3.8) is 0 Å². The van der Waals surface area contributed by atoms with Gasteiger partial charge >= 0.3 is 0 Å². The fraction of sp³-hybridized carbons (Fsp3) is 0.739. The number of benzene rings is 1. The highest BCUT2D eigenvalue weighted by molar-refractivity contribution is 5.37. The lowest BCUT2D eigenvalue weighted by atomic mass is 9.77. The summed E-state index contributed by atoms with van der Waals surface area (Å²) in [4.78, 5) is 2.66. The molecule has 0 bridgehead atoms. The number of aliphatic hydroxyl groups is 1. The summed E-state index contributed by atoms with van der Waals surface area (Å²) in [5.41, 5.74) is 4.31. The summed E-state index contributed by atoms with van der Waals surface area (Å²) in [6.45, 7) is 8.32. The van der Waals surface area contributed by atoms with Crippen LogP contribution in [-0.2, 0) is 0 Å². The Morgan fingerprint density at radius 1 is 0.960 bits per heavy atom. The molecule has 1 N–H and O–H groups in total. The van der Waals surface area contributed by atoms with E-state index in [0.717, 1.165) is 12.5 Å². The lowest BCUT2D eigenvalue weighted by molar-refractivity contribution is 0.0863. The predicted molar refractivity (Wildman–Crippen MR) is 106 cm³/mol. The van der Waals surface area contributed by atoms with Gasteiger partial charge in [-0.2, -0.15) is 0 Å². The van der Waals surface area contributed by atoms with Crippen LogP contribution in [0.15, 0.2) is 18.2 Å². The summed E-state index contributed by atoms with van der Waals surface area (Å²) in [7, 11) is 0. The third kappa shape index (κ3) is 4.86. The van der Waals surface area contributed by atoms with Crippen LogP contribution in [-0.4, -0.2) is 36.2 Å². The Labute approximate surface area is 154 Å². The zero-order valence-electron chi connectivity index (χ0n) is 16.3. The van der Waals surface area contributed by atoms with Gasteiger partial charge in [-0.3, -0.25) is 0 Å². The minimum Gasteiger partial charge on any atom is -0.396 e. The largest absolute Gasteiger partial charge is 0.396 e. The summed E-state index contributed by atoms with van der Waals surface area (Å²) in [5, 5.41) is 10.1. The maximum Gasteiger partial charge on any atom is 0.0477 e. The van der Waals surface area contributed by atoms with Crippen molar-refractivity contribution in [1.29, 1.82) is 0 Å². The van der Waals surface area contributed by atoms with Crippen LogP contribution in [0.4, 0.5) is 0 Å². The van der Waals surface area contributed by atoms with Gasteiger partial charge in [0.1, 0.15) is 0 Å². The number of piperidine rings is 1. The number of aliphatic hydroxyl groups excluding tert-OH is 1. The van der Waals surface area contributed by atoms with Crippen LogP contribution in [0.2, 0.25) is 0 Å². The normalized spacial score (nSPS) is 27.0. The van der Waals surface area contributed by atoms with Crippen LogP contribution in [0, 0.1) is 25.7 Å². The van der Waals surface area contributed by atoms with E-state index in [1.165, 1.54) is 81.1 Å². The van der Waals surface area contributed by atoms with Crippen LogP contribution >= 0.6 is 0 Å². The Kier molecular flexibility index (Phi) is 6.95. The molecule has 1 saturated carbocycles. The van der Waals surface area contributed by atoms with E-state index < -0.39 is 0 Å².